The zero-order valence-electron chi connectivity index (χ0n) is 10.7. The van der Waals surface area contributed by atoms with Crippen molar-refractivity contribution in [1.82, 2.24) is 4.31 Å². The summed E-state index contributed by atoms with van der Waals surface area (Å²) in [6.07, 6.45) is 0.250. The molecule has 0 aliphatic carbocycles. The van der Waals surface area contributed by atoms with Crippen LogP contribution in [-0.2, 0) is 20.0 Å². The maximum absolute atomic E-state index is 12.4. The van der Waals surface area contributed by atoms with Crippen molar-refractivity contribution in [1.29, 1.82) is 0 Å². The van der Waals surface area contributed by atoms with Crippen LogP contribution in [0.4, 0.5) is 0 Å². The Morgan fingerprint density at radius 3 is 2.37 bits per heavy atom. The molecule has 1 aliphatic rings. The van der Waals surface area contributed by atoms with Crippen molar-refractivity contribution in [2.45, 2.75) is 30.4 Å². The van der Waals surface area contributed by atoms with E-state index in [1.54, 1.807) is 13.0 Å². The lowest BCUT2D eigenvalue weighted by Gasteiger charge is -2.15. The molecule has 0 bridgehead atoms. The third-order valence-corrected chi connectivity index (χ3v) is 7.59. The largest absolute Gasteiger partial charge is 0.244 e. The van der Waals surface area contributed by atoms with Gasteiger partial charge >= 0.3 is 0 Å². The first-order chi connectivity index (χ1) is 8.62. The zero-order valence-corrected chi connectivity index (χ0v) is 13.1. The first-order valence-corrected chi connectivity index (χ1v) is 9.58. The minimum absolute atomic E-state index is 0.0600. The van der Waals surface area contributed by atoms with E-state index >= 15 is 0 Å². The van der Waals surface area contributed by atoms with Crippen LogP contribution in [0.1, 0.15) is 16.2 Å². The first-order valence-electron chi connectivity index (χ1n) is 5.71. The summed E-state index contributed by atoms with van der Waals surface area (Å²) in [5.74, 6) is 0. The van der Waals surface area contributed by atoms with Crippen LogP contribution in [-0.4, -0.2) is 39.5 Å². The molecule has 2 heterocycles. The first kappa shape index (κ1) is 14.9. The SMILES string of the molecule is Cc1cc(S(=O)(=O)N2CC[C@@H](S(N)(=O)=O)C2)c(C)s1. The van der Waals surface area contributed by atoms with Crippen LogP contribution in [0.25, 0.3) is 0 Å². The molecule has 0 radical (unpaired) electrons. The van der Waals surface area contributed by atoms with E-state index < -0.39 is 25.3 Å². The van der Waals surface area contributed by atoms with Gasteiger partial charge in [-0.05, 0) is 26.3 Å². The van der Waals surface area contributed by atoms with Crippen LogP contribution >= 0.6 is 11.3 Å². The van der Waals surface area contributed by atoms with Crippen LogP contribution in [0.3, 0.4) is 0 Å². The van der Waals surface area contributed by atoms with Gasteiger partial charge in [0.1, 0.15) is 0 Å². The number of sulfonamides is 2. The molecule has 1 aromatic rings. The number of hydrogen-bond acceptors (Lipinski definition) is 5. The van der Waals surface area contributed by atoms with Crippen LogP contribution in [0.5, 0.6) is 0 Å². The summed E-state index contributed by atoms with van der Waals surface area (Å²) < 4.78 is 48.6. The van der Waals surface area contributed by atoms with Gasteiger partial charge in [-0.25, -0.2) is 22.0 Å². The van der Waals surface area contributed by atoms with E-state index in [0.717, 1.165) is 9.75 Å². The predicted octanol–water partition coefficient (Wildman–Crippen LogP) is 0.416. The Kier molecular flexibility index (Phi) is 3.78. The Balaban J connectivity index is 2.31. The topological polar surface area (TPSA) is 97.5 Å². The summed E-state index contributed by atoms with van der Waals surface area (Å²) in [5, 5.41) is 4.27. The molecule has 2 N–H and O–H groups in total. The quantitative estimate of drug-likeness (QED) is 0.871. The number of hydrogen-bond donors (Lipinski definition) is 1. The maximum atomic E-state index is 12.4. The van der Waals surface area contributed by atoms with E-state index in [-0.39, 0.29) is 24.4 Å². The van der Waals surface area contributed by atoms with Crippen LogP contribution < -0.4 is 5.14 Å². The van der Waals surface area contributed by atoms with E-state index in [1.165, 1.54) is 15.6 Å². The third kappa shape index (κ3) is 2.84. The second-order valence-electron chi connectivity index (χ2n) is 4.64. The van der Waals surface area contributed by atoms with Crippen molar-refractivity contribution in [3.05, 3.63) is 15.8 Å². The lowest BCUT2D eigenvalue weighted by molar-refractivity contribution is 0.476. The third-order valence-electron chi connectivity index (χ3n) is 3.19. The Morgan fingerprint density at radius 1 is 1.32 bits per heavy atom. The minimum Gasteiger partial charge on any atom is -0.228 e. The highest BCUT2D eigenvalue weighted by Crippen LogP contribution is 2.30. The van der Waals surface area contributed by atoms with Crippen LogP contribution in [0, 0.1) is 13.8 Å². The molecule has 1 fully saturated rings. The molecule has 1 aliphatic heterocycles. The normalized spacial score (nSPS) is 21.9. The van der Waals surface area contributed by atoms with Gasteiger partial charge in [-0.15, -0.1) is 11.3 Å². The molecule has 1 saturated heterocycles. The molecule has 0 amide bonds. The lowest BCUT2D eigenvalue weighted by atomic mass is 10.4. The molecule has 19 heavy (non-hydrogen) atoms. The molecule has 0 saturated carbocycles. The molecule has 1 aromatic heterocycles. The summed E-state index contributed by atoms with van der Waals surface area (Å²) in [6.45, 7) is 3.72. The average molecular weight is 324 g/mol. The van der Waals surface area contributed by atoms with Gasteiger partial charge in [-0.2, -0.15) is 4.31 Å². The number of rotatable bonds is 3. The molecule has 0 spiro atoms. The molecule has 1 atom stereocenters. The number of thiophene rings is 1. The van der Waals surface area contributed by atoms with Gasteiger partial charge < -0.3 is 0 Å². The lowest BCUT2D eigenvalue weighted by Crippen LogP contribution is -2.34. The fourth-order valence-electron chi connectivity index (χ4n) is 2.19. The van der Waals surface area contributed by atoms with Crippen molar-refractivity contribution in [2.75, 3.05) is 13.1 Å². The van der Waals surface area contributed by atoms with Gasteiger partial charge in [-0.3, -0.25) is 0 Å². The monoisotopic (exact) mass is 324 g/mol. The molecule has 9 heteroatoms. The molecular weight excluding hydrogens is 308 g/mol. The molecular formula is C10H16N2O4S3. The predicted molar refractivity (Wildman–Crippen MR) is 74.1 cm³/mol. The average Bonchev–Trinajstić information content (AvgIpc) is 2.83. The Bertz CT molecular complexity index is 690. The standard InChI is InChI=1S/C10H16N2O4S3/c1-7-5-10(8(2)17-7)19(15,16)12-4-3-9(6-12)18(11,13)14/h5,9H,3-4,6H2,1-2H3,(H2,11,13,14)/t9-/m1/s1. The van der Waals surface area contributed by atoms with Gasteiger partial charge in [0.2, 0.25) is 20.0 Å². The fourth-order valence-corrected chi connectivity index (χ4v) is 6.13. The minimum atomic E-state index is -3.69. The summed E-state index contributed by atoms with van der Waals surface area (Å²) in [7, 11) is -7.30. The summed E-state index contributed by atoms with van der Waals surface area (Å²) in [5.41, 5.74) is 0. The highest BCUT2D eigenvalue weighted by molar-refractivity contribution is 7.90. The van der Waals surface area contributed by atoms with Crippen molar-refractivity contribution < 1.29 is 16.8 Å². The van der Waals surface area contributed by atoms with E-state index in [2.05, 4.69) is 0 Å². The summed E-state index contributed by atoms with van der Waals surface area (Å²) in [6, 6.07) is 1.62. The number of aryl methyl sites for hydroxylation is 2. The van der Waals surface area contributed by atoms with Gasteiger partial charge in [0.25, 0.3) is 0 Å². The molecule has 6 nitrogen and oxygen atoms in total. The summed E-state index contributed by atoms with van der Waals surface area (Å²) >= 11 is 1.41. The molecule has 108 valence electrons. The molecule has 2 rings (SSSR count). The van der Waals surface area contributed by atoms with Crippen LogP contribution in [0.15, 0.2) is 11.0 Å². The van der Waals surface area contributed by atoms with Gasteiger partial charge in [0.05, 0.1) is 10.1 Å². The van der Waals surface area contributed by atoms with Crippen molar-refractivity contribution in [3.8, 4) is 0 Å². The number of nitrogens with zero attached hydrogens (tertiary/aromatic N) is 1. The van der Waals surface area contributed by atoms with E-state index in [9.17, 15) is 16.8 Å². The molecule has 0 aromatic carbocycles. The van der Waals surface area contributed by atoms with Crippen LogP contribution in [0.2, 0.25) is 0 Å². The Hall–Kier alpha value is -0.480. The van der Waals surface area contributed by atoms with Gasteiger partial charge in [0.15, 0.2) is 0 Å². The van der Waals surface area contributed by atoms with Crippen molar-refractivity contribution in [3.63, 3.8) is 0 Å². The van der Waals surface area contributed by atoms with E-state index in [1.807, 2.05) is 6.92 Å². The Labute approximate surface area is 117 Å². The van der Waals surface area contributed by atoms with Crippen molar-refractivity contribution in [2.24, 2.45) is 5.14 Å². The highest BCUT2D eigenvalue weighted by atomic mass is 32.2. The highest BCUT2D eigenvalue weighted by Gasteiger charge is 2.38. The number of primary sulfonamides is 1. The van der Waals surface area contributed by atoms with E-state index in [0.29, 0.717) is 0 Å². The van der Waals surface area contributed by atoms with Gasteiger partial charge in [0, 0.05) is 22.8 Å². The molecule has 0 unspecified atom stereocenters. The summed E-state index contributed by atoms with van der Waals surface area (Å²) in [4.78, 5) is 1.90. The second kappa shape index (κ2) is 4.81. The number of nitrogens with two attached hydrogens (primary N) is 1. The smallest absolute Gasteiger partial charge is 0.228 e. The Morgan fingerprint density at radius 2 is 1.95 bits per heavy atom. The maximum Gasteiger partial charge on any atom is 0.244 e. The van der Waals surface area contributed by atoms with Gasteiger partial charge in [-0.1, -0.05) is 0 Å². The second-order valence-corrected chi connectivity index (χ2v) is 9.85. The van der Waals surface area contributed by atoms with Crippen molar-refractivity contribution >= 4 is 31.4 Å². The zero-order chi connectivity index (χ0) is 14.4. The fraction of sp³-hybridized carbons (Fsp3) is 0.600. The van der Waals surface area contributed by atoms with E-state index in [4.69, 9.17) is 5.14 Å².